The monoisotopic (exact) mass is 255 g/mol. The van der Waals surface area contributed by atoms with Crippen molar-refractivity contribution in [2.45, 2.75) is 13.8 Å². The van der Waals surface area contributed by atoms with Crippen LogP contribution in [0.2, 0.25) is 0 Å². The molecule has 1 amide bonds. The van der Waals surface area contributed by atoms with Gasteiger partial charge in [0, 0.05) is 19.2 Å². The van der Waals surface area contributed by atoms with Crippen LogP contribution >= 0.6 is 0 Å². The number of nitrogens with zero attached hydrogens (tertiary/aromatic N) is 1. The Balaban J connectivity index is 2.87. The van der Waals surface area contributed by atoms with Crippen molar-refractivity contribution < 1.29 is 23.8 Å². The summed E-state index contributed by atoms with van der Waals surface area (Å²) in [6.45, 7) is 3.60. The summed E-state index contributed by atoms with van der Waals surface area (Å²) in [7, 11) is 1.49. The van der Waals surface area contributed by atoms with Crippen molar-refractivity contribution in [2.24, 2.45) is 0 Å². The average Bonchev–Trinajstić information content (AvgIpc) is 2.62. The molecule has 0 fully saturated rings. The second-order valence-electron chi connectivity index (χ2n) is 3.98. The largest absolute Gasteiger partial charge is 0.480 e. The molecule has 1 aromatic rings. The van der Waals surface area contributed by atoms with Crippen molar-refractivity contribution in [1.82, 2.24) is 4.90 Å². The van der Waals surface area contributed by atoms with Gasteiger partial charge in [-0.15, -0.1) is 0 Å². The molecule has 0 bridgehead atoms. The molecular formula is C12H17NO5. The summed E-state index contributed by atoms with van der Waals surface area (Å²) in [5, 5.41) is 8.79. The minimum Gasteiger partial charge on any atom is -0.480 e. The molecule has 100 valence electrons. The van der Waals surface area contributed by atoms with E-state index in [1.807, 2.05) is 0 Å². The maximum atomic E-state index is 12.1. The molecule has 0 spiro atoms. The zero-order valence-corrected chi connectivity index (χ0v) is 10.7. The lowest BCUT2D eigenvalue weighted by atomic mass is 10.2. The molecule has 1 rings (SSSR count). The van der Waals surface area contributed by atoms with Crippen LogP contribution in [0.4, 0.5) is 0 Å². The van der Waals surface area contributed by atoms with Gasteiger partial charge in [-0.3, -0.25) is 9.59 Å². The first kappa shape index (κ1) is 14.2. The number of aryl methyl sites for hydroxylation is 2. The van der Waals surface area contributed by atoms with Gasteiger partial charge >= 0.3 is 5.97 Å². The molecule has 6 nitrogen and oxygen atoms in total. The van der Waals surface area contributed by atoms with Gasteiger partial charge in [0.25, 0.3) is 5.91 Å². The van der Waals surface area contributed by atoms with Crippen molar-refractivity contribution in [3.05, 3.63) is 23.2 Å². The molecule has 0 aromatic carbocycles. The zero-order valence-electron chi connectivity index (χ0n) is 10.7. The van der Waals surface area contributed by atoms with E-state index in [1.165, 1.54) is 12.0 Å². The summed E-state index contributed by atoms with van der Waals surface area (Å²) in [6.07, 6.45) is 0. The van der Waals surface area contributed by atoms with Crippen LogP contribution in [0.3, 0.4) is 0 Å². The summed E-state index contributed by atoms with van der Waals surface area (Å²) in [5.41, 5.74) is 0.699. The molecule has 0 aliphatic carbocycles. The molecule has 0 radical (unpaired) electrons. The van der Waals surface area contributed by atoms with Crippen molar-refractivity contribution in [3.8, 4) is 0 Å². The number of hydrogen-bond acceptors (Lipinski definition) is 4. The fourth-order valence-corrected chi connectivity index (χ4v) is 1.61. The third-order valence-corrected chi connectivity index (χ3v) is 2.41. The van der Waals surface area contributed by atoms with Crippen LogP contribution in [0.5, 0.6) is 0 Å². The summed E-state index contributed by atoms with van der Waals surface area (Å²) < 4.78 is 10.2. The van der Waals surface area contributed by atoms with Gasteiger partial charge in [-0.25, -0.2) is 0 Å². The number of carboxylic acid groups (broad SMARTS) is 1. The van der Waals surface area contributed by atoms with Gasteiger partial charge in [0.15, 0.2) is 5.76 Å². The van der Waals surface area contributed by atoms with Crippen LogP contribution in [0.1, 0.15) is 21.9 Å². The first-order chi connectivity index (χ1) is 8.45. The third kappa shape index (κ3) is 3.59. The molecule has 1 N–H and O–H groups in total. The minimum absolute atomic E-state index is 0.185. The molecule has 0 saturated carbocycles. The number of amides is 1. The van der Waals surface area contributed by atoms with E-state index in [-0.39, 0.29) is 25.5 Å². The number of carbonyl (C=O) groups excluding carboxylic acids is 1. The van der Waals surface area contributed by atoms with Gasteiger partial charge in [-0.2, -0.15) is 0 Å². The number of carbonyl (C=O) groups is 2. The van der Waals surface area contributed by atoms with E-state index in [0.717, 1.165) is 0 Å². The van der Waals surface area contributed by atoms with Gasteiger partial charge in [-0.05, 0) is 19.9 Å². The van der Waals surface area contributed by atoms with Crippen molar-refractivity contribution in [3.63, 3.8) is 0 Å². The van der Waals surface area contributed by atoms with E-state index in [1.54, 1.807) is 19.9 Å². The number of methoxy groups -OCH3 is 1. The van der Waals surface area contributed by atoms with E-state index in [2.05, 4.69) is 0 Å². The normalized spacial score (nSPS) is 10.4. The highest BCUT2D eigenvalue weighted by molar-refractivity contribution is 5.94. The molecule has 18 heavy (non-hydrogen) atoms. The highest BCUT2D eigenvalue weighted by atomic mass is 16.5. The van der Waals surface area contributed by atoms with Gasteiger partial charge in [0.2, 0.25) is 0 Å². The lowest BCUT2D eigenvalue weighted by molar-refractivity contribution is -0.137. The zero-order chi connectivity index (χ0) is 13.7. The van der Waals surface area contributed by atoms with E-state index >= 15 is 0 Å². The number of ether oxygens (including phenoxy) is 1. The van der Waals surface area contributed by atoms with Crippen LogP contribution in [-0.2, 0) is 9.53 Å². The van der Waals surface area contributed by atoms with Crippen molar-refractivity contribution in [1.29, 1.82) is 0 Å². The van der Waals surface area contributed by atoms with E-state index in [9.17, 15) is 9.59 Å². The predicted molar refractivity (Wildman–Crippen MR) is 63.6 cm³/mol. The van der Waals surface area contributed by atoms with Gasteiger partial charge in [0.05, 0.1) is 6.61 Å². The Morgan fingerprint density at radius 3 is 2.56 bits per heavy atom. The maximum absolute atomic E-state index is 12.1. The van der Waals surface area contributed by atoms with Crippen LogP contribution < -0.4 is 0 Å². The van der Waals surface area contributed by atoms with Crippen molar-refractivity contribution in [2.75, 3.05) is 26.8 Å². The standard InChI is InChI=1S/C12H17NO5/c1-8-6-9(2)18-11(8)12(16)13(4-5-17-3)7-10(14)15/h6H,4-5,7H2,1-3H3,(H,14,15). The molecule has 1 aromatic heterocycles. The Kier molecular flexibility index (Phi) is 4.91. The summed E-state index contributed by atoms with van der Waals surface area (Å²) >= 11 is 0. The molecule has 0 aliphatic heterocycles. The molecule has 0 atom stereocenters. The minimum atomic E-state index is -1.07. The van der Waals surface area contributed by atoms with E-state index in [0.29, 0.717) is 11.3 Å². The van der Waals surface area contributed by atoms with E-state index in [4.69, 9.17) is 14.3 Å². The fraction of sp³-hybridized carbons (Fsp3) is 0.500. The first-order valence-electron chi connectivity index (χ1n) is 5.52. The Hall–Kier alpha value is -1.82. The topological polar surface area (TPSA) is 80.0 Å². The maximum Gasteiger partial charge on any atom is 0.323 e. The van der Waals surface area contributed by atoms with Gasteiger partial charge in [0.1, 0.15) is 12.3 Å². The molecule has 0 saturated heterocycles. The van der Waals surface area contributed by atoms with E-state index < -0.39 is 11.9 Å². The van der Waals surface area contributed by atoms with Crippen LogP contribution in [0, 0.1) is 13.8 Å². The number of rotatable bonds is 6. The Labute approximate surface area is 105 Å². The van der Waals surface area contributed by atoms with Crippen LogP contribution in [0.15, 0.2) is 10.5 Å². The molecule has 1 heterocycles. The van der Waals surface area contributed by atoms with Gasteiger partial charge < -0.3 is 19.2 Å². The lowest BCUT2D eigenvalue weighted by Gasteiger charge is -2.19. The highest BCUT2D eigenvalue weighted by Crippen LogP contribution is 2.15. The molecule has 0 aliphatic rings. The second kappa shape index (κ2) is 6.20. The predicted octanol–water partition coefficient (Wildman–Crippen LogP) is 1.07. The number of aliphatic carboxylic acids is 1. The number of furan rings is 1. The smallest absolute Gasteiger partial charge is 0.323 e. The quantitative estimate of drug-likeness (QED) is 0.822. The Morgan fingerprint density at radius 2 is 2.11 bits per heavy atom. The second-order valence-corrected chi connectivity index (χ2v) is 3.98. The summed E-state index contributed by atoms with van der Waals surface area (Å²) in [4.78, 5) is 24.1. The SMILES string of the molecule is COCCN(CC(=O)O)C(=O)c1oc(C)cc1C. The molecular weight excluding hydrogens is 238 g/mol. The molecule has 0 unspecified atom stereocenters. The molecule has 6 heteroatoms. The van der Waals surface area contributed by atoms with Crippen molar-refractivity contribution >= 4 is 11.9 Å². The highest BCUT2D eigenvalue weighted by Gasteiger charge is 2.23. The van der Waals surface area contributed by atoms with Gasteiger partial charge in [-0.1, -0.05) is 0 Å². The average molecular weight is 255 g/mol. The Morgan fingerprint density at radius 1 is 1.44 bits per heavy atom. The third-order valence-electron chi connectivity index (χ3n) is 2.41. The Bertz CT molecular complexity index is 438. The number of hydrogen-bond donors (Lipinski definition) is 1. The fourth-order valence-electron chi connectivity index (χ4n) is 1.61. The van der Waals surface area contributed by atoms with Crippen LogP contribution in [-0.4, -0.2) is 48.7 Å². The number of carboxylic acids is 1. The first-order valence-corrected chi connectivity index (χ1v) is 5.52. The summed E-state index contributed by atoms with van der Waals surface area (Å²) in [6, 6.07) is 1.74. The summed E-state index contributed by atoms with van der Waals surface area (Å²) in [5.74, 6) is -0.692. The lowest BCUT2D eigenvalue weighted by Crippen LogP contribution is -2.38. The van der Waals surface area contributed by atoms with Crippen LogP contribution in [0.25, 0.3) is 0 Å².